The Labute approximate surface area is 127 Å². The predicted molar refractivity (Wildman–Crippen MR) is 78.2 cm³/mol. The molecule has 114 valence electrons. The van der Waals surface area contributed by atoms with Crippen LogP contribution in [0.3, 0.4) is 0 Å². The molecule has 21 heavy (non-hydrogen) atoms. The molecule has 6 nitrogen and oxygen atoms in total. The lowest BCUT2D eigenvalue weighted by molar-refractivity contribution is -0.150. The van der Waals surface area contributed by atoms with Gasteiger partial charge in [0.1, 0.15) is 5.92 Å². The number of hydrogen-bond donors (Lipinski definition) is 1. The van der Waals surface area contributed by atoms with Gasteiger partial charge in [-0.15, -0.1) is 0 Å². The van der Waals surface area contributed by atoms with Crippen LogP contribution in [0.25, 0.3) is 0 Å². The van der Waals surface area contributed by atoms with Gasteiger partial charge in [-0.2, -0.15) is 11.3 Å². The summed E-state index contributed by atoms with van der Waals surface area (Å²) in [5.41, 5.74) is 0.665. The standard InChI is InChI=1S/C14H18N2O4S/c1-10(14(19)20)12(17)15-4-2-5-16(7-6-15)13(18)11-3-8-21-9-11/h3,8-10H,2,4-7H2,1H3,(H,19,20). The summed E-state index contributed by atoms with van der Waals surface area (Å²) in [7, 11) is 0. The molecule has 0 bridgehead atoms. The van der Waals surface area contributed by atoms with Crippen LogP contribution in [0.4, 0.5) is 0 Å². The van der Waals surface area contributed by atoms with E-state index in [1.54, 1.807) is 15.9 Å². The Kier molecular flexibility index (Phi) is 4.95. The summed E-state index contributed by atoms with van der Waals surface area (Å²) in [4.78, 5) is 38.5. The first-order valence-corrected chi connectivity index (χ1v) is 7.78. The summed E-state index contributed by atoms with van der Waals surface area (Å²) in [6, 6.07) is 1.79. The van der Waals surface area contributed by atoms with E-state index >= 15 is 0 Å². The van der Waals surface area contributed by atoms with Gasteiger partial charge in [0.2, 0.25) is 5.91 Å². The van der Waals surface area contributed by atoms with Crippen LogP contribution in [0, 0.1) is 5.92 Å². The highest BCUT2D eigenvalue weighted by Gasteiger charge is 2.28. The Hall–Kier alpha value is -1.89. The second-order valence-corrected chi connectivity index (χ2v) is 5.82. The number of amides is 2. The van der Waals surface area contributed by atoms with Gasteiger partial charge in [-0.3, -0.25) is 14.4 Å². The van der Waals surface area contributed by atoms with E-state index in [0.717, 1.165) is 0 Å². The molecule has 1 fully saturated rings. The predicted octanol–water partition coefficient (Wildman–Crippen LogP) is 1.14. The lowest BCUT2D eigenvalue weighted by Gasteiger charge is -2.23. The van der Waals surface area contributed by atoms with Crippen molar-refractivity contribution in [2.24, 2.45) is 5.92 Å². The van der Waals surface area contributed by atoms with Gasteiger partial charge in [-0.1, -0.05) is 0 Å². The van der Waals surface area contributed by atoms with Crippen molar-refractivity contribution in [2.75, 3.05) is 26.2 Å². The SMILES string of the molecule is CC(C(=O)O)C(=O)N1CCCN(C(=O)c2ccsc2)CC1. The van der Waals surface area contributed by atoms with Crippen LogP contribution in [-0.4, -0.2) is 58.9 Å². The molecule has 0 saturated carbocycles. The van der Waals surface area contributed by atoms with Crippen LogP contribution in [-0.2, 0) is 9.59 Å². The molecule has 1 aliphatic rings. The first kappa shape index (κ1) is 15.5. The Morgan fingerprint density at radius 3 is 2.48 bits per heavy atom. The average molecular weight is 310 g/mol. The molecular formula is C14H18N2O4S. The minimum Gasteiger partial charge on any atom is -0.481 e. The number of hydrogen-bond acceptors (Lipinski definition) is 4. The van der Waals surface area contributed by atoms with Crippen molar-refractivity contribution in [3.8, 4) is 0 Å². The zero-order chi connectivity index (χ0) is 15.4. The third kappa shape index (κ3) is 3.60. The molecule has 0 spiro atoms. The summed E-state index contributed by atoms with van der Waals surface area (Å²) in [5.74, 6) is -2.57. The molecule has 2 heterocycles. The number of nitrogens with zero attached hydrogens (tertiary/aromatic N) is 2. The molecule has 2 amide bonds. The molecule has 1 aromatic heterocycles. The molecular weight excluding hydrogens is 292 g/mol. The number of rotatable bonds is 3. The third-order valence-electron chi connectivity index (χ3n) is 3.60. The molecule has 0 radical (unpaired) electrons. The summed E-state index contributed by atoms with van der Waals surface area (Å²) in [6.45, 7) is 3.28. The van der Waals surface area contributed by atoms with Crippen molar-refractivity contribution in [1.29, 1.82) is 0 Å². The van der Waals surface area contributed by atoms with E-state index in [0.29, 0.717) is 38.2 Å². The Morgan fingerprint density at radius 2 is 1.86 bits per heavy atom. The topological polar surface area (TPSA) is 77.9 Å². The molecule has 2 rings (SSSR count). The lowest BCUT2D eigenvalue weighted by Crippen LogP contribution is -2.41. The van der Waals surface area contributed by atoms with Crippen molar-refractivity contribution in [3.05, 3.63) is 22.4 Å². The summed E-state index contributed by atoms with van der Waals surface area (Å²) in [5, 5.41) is 12.6. The van der Waals surface area contributed by atoms with E-state index in [1.807, 2.05) is 10.8 Å². The maximum atomic E-state index is 12.3. The fourth-order valence-corrected chi connectivity index (χ4v) is 2.92. The van der Waals surface area contributed by atoms with Crippen LogP contribution in [0.5, 0.6) is 0 Å². The van der Waals surface area contributed by atoms with Crippen molar-refractivity contribution < 1.29 is 19.5 Å². The molecule has 1 atom stereocenters. The van der Waals surface area contributed by atoms with E-state index in [4.69, 9.17) is 5.11 Å². The second kappa shape index (κ2) is 6.71. The highest BCUT2D eigenvalue weighted by Crippen LogP contribution is 2.13. The van der Waals surface area contributed by atoms with Gasteiger partial charge in [0.25, 0.3) is 5.91 Å². The van der Waals surface area contributed by atoms with Crippen LogP contribution < -0.4 is 0 Å². The normalized spacial score (nSPS) is 17.2. The van der Waals surface area contributed by atoms with Gasteiger partial charge >= 0.3 is 5.97 Å². The minimum absolute atomic E-state index is 0.0307. The highest BCUT2D eigenvalue weighted by molar-refractivity contribution is 7.08. The lowest BCUT2D eigenvalue weighted by atomic mass is 10.1. The molecule has 1 saturated heterocycles. The molecule has 1 aliphatic heterocycles. The van der Waals surface area contributed by atoms with E-state index in [1.165, 1.54) is 18.3 Å². The number of aliphatic carboxylic acids is 1. The maximum absolute atomic E-state index is 12.3. The number of carbonyl (C=O) groups is 3. The minimum atomic E-state index is -1.12. The van der Waals surface area contributed by atoms with E-state index in [9.17, 15) is 14.4 Å². The zero-order valence-corrected chi connectivity index (χ0v) is 12.6. The van der Waals surface area contributed by atoms with Crippen molar-refractivity contribution in [3.63, 3.8) is 0 Å². The highest BCUT2D eigenvalue weighted by atomic mass is 32.1. The van der Waals surface area contributed by atoms with E-state index in [-0.39, 0.29) is 11.8 Å². The quantitative estimate of drug-likeness (QED) is 0.849. The van der Waals surface area contributed by atoms with Crippen LogP contribution in [0.2, 0.25) is 0 Å². The molecule has 0 aromatic carbocycles. The average Bonchev–Trinajstić information content (AvgIpc) is 2.89. The Morgan fingerprint density at radius 1 is 1.19 bits per heavy atom. The van der Waals surface area contributed by atoms with E-state index < -0.39 is 11.9 Å². The van der Waals surface area contributed by atoms with Crippen molar-refractivity contribution in [2.45, 2.75) is 13.3 Å². The van der Waals surface area contributed by atoms with Gasteiger partial charge < -0.3 is 14.9 Å². The van der Waals surface area contributed by atoms with Crippen LogP contribution in [0.15, 0.2) is 16.8 Å². The van der Waals surface area contributed by atoms with Crippen molar-refractivity contribution in [1.82, 2.24) is 9.80 Å². The maximum Gasteiger partial charge on any atom is 0.315 e. The first-order chi connectivity index (χ1) is 10.0. The number of carboxylic acids is 1. The molecule has 1 unspecified atom stereocenters. The summed E-state index contributed by atoms with van der Waals surface area (Å²) < 4.78 is 0. The summed E-state index contributed by atoms with van der Waals surface area (Å²) in [6.07, 6.45) is 0.661. The number of thiophene rings is 1. The van der Waals surface area contributed by atoms with Gasteiger partial charge in [0, 0.05) is 31.6 Å². The fourth-order valence-electron chi connectivity index (χ4n) is 2.29. The van der Waals surface area contributed by atoms with Gasteiger partial charge in [-0.25, -0.2) is 0 Å². The monoisotopic (exact) mass is 310 g/mol. The molecule has 7 heteroatoms. The van der Waals surface area contributed by atoms with Gasteiger partial charge in [0.05, 0.1) is 5.56 Å². The molecule has 1 aromatic rings. The zero-order valence-electron chi connectivity index (χ0n) is 11.8. The Balaban J connectivity index is 1.97. The van der Waals surface area contributed by atoms with Gasteiger partial charge in [0.15, 0.2) is 0 Å². The van der Waals surface area contributed by atoms with Gasteiger partial charge in [-0.05, 0) is 24.8 Å². The molecule has 0 aliphatic carbocycles. The van der Waals surface area contributed by atoms with Crippen LogP contribution >= 0.6 is 11.3 Å². The Bertz CT molecular complexity index is 529. The number of carboxylic acid groups (broad SMARTS) is 1. The summed E-state index contributed by atoms with van der Waals surface area (Å²) >= 11 is 1.47. The van der Waals surface area contributed by atoms with E-state index in [2.05, 4.69) is 0 Å². The largest absolute Gasteiger partial charge is 0.481 e. The first-order valence-electron chi connectivity index (χ1n) is 6.83. The van der Waals surface area contributed by atoms with Crippen molar-refractivity contribution >= 4 is 29.1 Å². The third-order valence-corrected chi connectivity index (χ3v) is 4.29. The fraction of sp³-hybridized carbons (Fsp3) is 0.500. The molecule has 1 N–H and O–H groups in total. The smallest absolute Gasteiger partial charge is 0.315 e. The second-order valence-electron chi connectivity index (χ2n) is 5.04. The van der Waals surface area contributed by atoms with Crippen LogP contribution in [0.1, 0.15) is 23.7 Å². The number of carbonyl (C=O) groups excluding carboxylic acids is 2.